The first kappa shape index (κ1) is 51.9. The van der Waals surface area contributed by atoms with E-state index in [-0.39, 0.29) is 62.7 Å². The number of aromatic nitrogens is 1. The van der Waals surface area contributed by atoms with Gasteiger partial charge in [0.15, 0.2) is 0 Å². The molecule has 0 amide bonds. The molecule has 1 heterocycles. The summed E-state index contributed by atoms with van der Waals surface area (Å²) in [5.41, 5.74) is 15.3. The molecule has 8 bridgehead atoms. The number of rotatable bonds is 8. The molecule has 0 unspecified atom stereocenters. The number of hydrogen-bond acceptors (Lipinski definition) is 3. The summed E-state index contributed by atoms with van der Waals surface area (Å²) in [5, 5.41) is 25.7. The third kappa shape index (κ3) is 9.09. The molecular formula is C65H83NO2Zr-2. The van der Waals surface area contributed by atoms with Crippen molar-refractivity contribution >= 4 is 0 Å². The van der Waals surface area contributed by atoms with Crippen molar-refractivity contribution in [3.63, 3.8) is 0 Å². The van der Waals surface area contributed by atoms with E-state index in [0.717, 1.165) is 80.3 Å². The fourth-order valence-electron chi connectivity index (χ4n) is 15.7. The van der Waals surface area contributed by atoms with E-state index in [0.29, 0.717) is 23.3 Å². The molecule has 8 aliphatic carbocycles. The number of benzene rings is 4. The topological polar surface area (TPSA) is 53.4 Å². The molecule has 3 nitrogen and oxygen atoms in total. The number of aromatic hydroxyl groups is 2. The van der Waals surface area contributed by atoms with Crippen LogP contribution < -0.4 is 0 Å². The van der Waals surface area contributed by atoms with Gasteiger partial charge in [-0.25, -0.2) is 4.98 Å². The van der Waals surface area contributed by atoms with E-state index in [9.17, 15) is 10.2 Å². The first-order valence-electron chi connectivity index (χ1n) is 26.3. The Labute approximate surface area is 437 Å². The van der Waals surface area contributed by atoms with Crippen LogP contribution in [0.5, 0.6) is 11.5 Å². The van der Waals surface area contributed by atoms with E-state index in [1.54, 1.807) is 0 Å². The Morgan fingerprint density at radius 3 is 1.06 bits per heavy atom. The molecule has 8 aliphatic rings. The normalized spacial score (nSPS) is 27.6. The smallest absolute Gasteiger partial charge is 0.127 e. The van der Waals surface area contributed by atoms with Crippen LogP contribution in [0.25, 0.3) is 44.8 Å². The Kier molecular flexibility index (Phi) is 13.9. The van der Waals surface area contributed by atoms with Gasteiger partial charge in [0.2, 0.25) is 0 Å². The van der Waals surface area contributed by atoms with Gasteiger partial charge in [0.05, 0.1) is 11.4 Å². The Morgan fingerprint density at radius 2 is 0.768 bits per heavy atom. The minimum absolute atomic E-state index is 0. The van der Waals surface area contributed by atoms with Gasteiger partial charge in [0, 0.05) is 59.6 Å². The summed E-state index contributed by atoms with van der Waals surface area (Å²) in [5.74, 6) is 6.32. The van der Waals surface area contributed by atoms with E-state index in [2.05, 4.69) is 148 Å². The second kappa shape index (κ2) is 18.5. The van der Waals surface area contributed by atoms with E-state index >= 15 is 0 Å². The maximum Gasteiger partial charge on any atom is 0.127 e. The zero-order chi connectivity index (χ0) is 46.2. The fourth-order valence-corrected chi connectivity index (χ4v) is 15.7. The number of nitrogens with zero attached hydrogens (tertiary/aromatic N) is 1. The van der Waals surface area contributed by atoms with Crippen molar-refractivity contribution < 1.29 is 36.4 Å². The molecule has 0 aliphatic heterocycles. The molecule has 1 aromatic heterocycles. The molecule has 366 valence electrons. The standard InChI is InChI=1S/C63H77NO2.2CH3.Zr/c1-36(2)44-14-16-48(52-26-46(60(5,6)7)28-54(58(52)65)62-30-38-18-39(31-62)20-40(19-38)32-62)50(24-44)56-12-11-13-57(64-56)51-25-45(37(3)4)15-17-49(51)53-27-47(61(8,9)10)29-55(59(53)66)63-33-41-21-42(34-63)23-43(22-41)35-63;;;/h11-17,24-29,36-43,65-66H,18-23,30-35H2,1-10H3;2*1H3;/q;2*-1;. The van der Waals surface area contributed by atoms with Crippen molar-refractivity contribution in [2.45, 2.75) is 180 Å². The van der Waals surface area contributed by atoms with E-state index in [1.165, 1.54) is 110 Å². The van der Waals surface area contributed by atoms with Crippen molar-refractivity contribution in [2.75, 3.05) is 0 Å². The summed E-state index contributed by atoms with van der Waals surface area (Å²) in [6.07, 6.45) is 15.5. The van der Waals surface area contributed by atoms with Crippen LogP contribution in [-0.4, -0.2) is 15.2 Å². The van der Waals surface area contributed by atoms with Crippen LogP contribution in [0, 0.1) is 50.4 Å². The summed E-state index contributed by atoms with van der Waals surface area (Å²) in [6, 6.07) is 29.7. The number of phenolic OH excluding ortho intramolecular Hbond substituents is 2. The molecule has 8 fully saturated rings. The van der Waals surface area contributed by atoms with Crippen molar-refractivity contribution in [1.29, 1.82) is 0 Å². The van der Waals surface area contributed by atoms with Gasteiger partial charge in [-0.1, -0.05) is 112 Å². The summed E-state index contributed by atoms with van der Waals surface area (Å²) >= 11 is 0. The van der Waals surface area contributed by atoms with Gasteiger partial charge in [-0.3, -0.25) is 0 Å². The summed E-state index contributed by atoms with van der Waals surface area (Å²) < 4.78 is 0. The number of phenols is 2. The molecule has 5 aromatic rings. The first-order valence-corrected chi connectivity index (χ1v) is 26.3. The Morgan fingerprint density at radius 1 is 0.449 bits per heavy atom. The van der Waals surface area contributed by atoms with Crippen LogP contribution in [0.3, 0.4) is 0 Å². The van der Waals surface area contributed by atoms with Crippen LogP contribution in [0.1, 0.15) is 192 Å². The third-order valence-corrected chi connectivity index (χ3v) is 18.5. The van der Waals surface area contributed by atoms with Gasteiger partial charge in [0.1, 0.15) is 11.5 Å². The molecule has 13 rings (SSSR count). The van der Waals surface area contributed by atoms with Crippen LogP contribution >= 0.6 is 0 Å². The molecule has 8 saturated carbocycles. The van der Waals surface area contributed by atoms with Gasteiger partial charge in [0.25, 0.3) is 0 Å². The minimum atomic E-state index is -0.0844. The van der Waals surface area contributed by atoms with E-state index in [4.69, 9.17) is 4.98 Å². The molecule has 4 heteroatoms. The van der Waals surface area contributed by atoms with Crippen LogP contribution in [0.2, 0.25) is 0 Å². The number of pyridine rings is 1. The first-order chi connectivity index (χ1) is 31.3. The van der Waals surface area contributed by atoms with E-state index < -0.39 is 0 Å². The maximum absolute atomic E-state index is 12.9. The quantitative estimate of drug-likeness (QED) is 0.152. The summed E-state index contributed by atoms with van der Waals surface area (Å²) in [4.78, 5) is 5.68. The van der Waals surface area contributed by atoms with Gasteiger partial charge >= 0.3 is 0 Å². The van der Waals surface area contributed by atoms with Crippen molar-refractivity contribution in [2.24, 2.45) is 35.5 Å². The Balaban J connectivity index is 0.00000214. The largest absolute Gasteiger partial charge is 0.507 e. The van der Waals surface area contributed by atoms with E-state index in [1.807, 2.05) is 0 Å². The molecular weight excluding hydrogens is 918 g/mol. The summed E-state index contributed by atoms with van der Waals surface area (Å²) in [7, 11) is 0. The minimum Gasteiger partial charge on any atom is -0.507 e. The fraction of sp³-hybridized carbons (Fsp3) is 0.523. The molecule has 4 aromatic carbocycles. The molecule has 2 N–H and O–H groups in total. The van der Waals surface area contributed by atoms with Crippen LogP contribution in [-0.2, 0) is 47.9 Å². The van der Waals surface area contributed by atoms with Crippen LogP contribution in [0.15, 0.2) is 78.9 Å². The zero-order valence-corrected chi connectivity index (χ0v) is 46.9. The second-order valence-corrected chi connectivity index (χ2v) is 26.1. The Hall–Kier alpha value is -3.49. The Bertz CT molecular complexity index is 2470. The third-order valence-electron chi connectivity index (χ3n) is 18.5. The molecule has 0 atom stereocenters. The molecule has 0 radical (unpaired) electrons. The average Bonchev–Trinajstić information content (AvgIpc) is 3.24. The van der Waals surface area contributed by atoms with Gasteiger partial charge < -0.3 is 25.1 Å². The van der Waals surface area contributed by atoms with Crippen molar-refractivity contribution in [1.82, 2.24) is 4.98 Å². The molecule has 69 heavy (non-hydrogen) atoms. The van der Waals surface area contributed by atoms with Gasteiger partial charge in [-0.2, -0.15) is 0 Å². The SMILES string of the molecule is CC(C)c1ccc(-c2cc(C(C)(C)C)cc(C34CC5CC(CC(C5)C3)C4)c2O)c(-c2cccc(-c3cc(C(C)C)ccc3-c3cc(C(C)(C)C)cc(C45CC6CC(CC(C6)C4)C5)c3O)n2)c1.[CH3-].[CH3-].[Zr]. The van der Waals surface area contributed by atoms with Crippen molar-refractivity contribution in [3.8, 4) is 56.3 Å². The van der Waals surface area contributed by atoms with Crippen molar-refractivity contribution in [3.05, 3.63) is 127 Å². The summed E-state index contributed by atoms with van der Waals surface area (Å²) in [6.45, 7) is 23.0. The second-order valence-electron chi connectivity index (χ2n) is 26.1. The monoisotopic (exact) mass is 1000 g/mol. The molecule has 0 saturated heterocycles. The predicted molar refractivity (Wildman–Crippen MR) is 287 cm³/mol. The predicted octanol–water partition coefficient (Wildman–Crippen LogP) is 17.8. The molecule has 0 spiro atoms. The number of hydrogen-bond donors (Lipinski definition) is 2. The van der Waals surface area contributed by atoms with Crippen LogP contribution in [0.4, 0.5) is 0 Å². The zero-order valence-electron chi connectivity index (χ0n) is 44.5. The maximum atomic E-state index is 12.9. The average molecular weight is 1000 g/mol. The van der Waals surface area contributed by atoms with Gasteiger partial charge in [-0.05, 0) is 216 Å². The van der Waals surface area contributed by atoms with Gasteiger partial charge in [-0.15, -0.1) is 0 Å².